The first-order valence-electron chi connectivity index (χ1n) is 10.9. The summed E-state index contributed by atoms with van der Waals surface area (Å²) in [5.41, 5.74) is 3.45. The highest BCUT2D eigenvalue weighted by atomic mass is 16.5. The van der Waals surface area contributed by atoms with Crippen LogP contribution in [0.5, 0.6) is 0 Å². The molecule has 2 aliphatic rings. The second kappa shape index (κ2) is 8.63. The lowest BCUT2D eigenvalue weighted by molar-refractivity contribution is 0.0304. The van der Waals surface area contributed by atoms with Crippen molar-refractivity contribution in [2.75, 3.05) is 39.4 Å². The zero-order chi connectivity index (χ0) is 22.1. The number of amides is 2. The molecule has 2 fully saturated rings. The Morgan fingerprint density at radius 2 is 1.81 bits per heavy atom. The molecule has 1 atom stereocenters. The van der Waals surface area contributed by atoms with Crippen LogP contribution in [-0.2, 0) is 4.74 Å². The summed E-state index contributed by atoms with van der Waals surface area (Å²) in [6.07, 6.45) is 3.93. The summed E-state index contributed by atoms with van der Waals surface area (Å²) in [7, 11) is 0. The lowest BCUT2D eigenvalue weighted by Gasteiger charge is -2.27. The molecule has 0 spiro atoms. The van der Waals surface area contributed by atoms with Crippen molar-refractivity contribution in [2.45, 2.75) is 19.3 Å². The van der Waals surface area contributed by atoms with E-state index in [0.29, 0.717) is 50.7 Å². The minimum absolute atomic E-state index is 0.00834. The molecule has 0 N–H and O–H groups in total. The van der Waals surface area contributed by atoms with Crippen LogP contribution in [0.15, 0.2) is 42.7 Å². The summed E-state index contributed by atoms with van der Waals surface area (Å²) in [6, 6.07) is 9.67. The van der Waals surface area contributed by atoms with Crippen molar-refractivity contribution in [3.05, 3.63) is 65.4 Å². The Kier molecular flexibility index (Phi) is 5.53. The summed E-state index contributed by atoms with van der Waals surface area (Å²) in [6.45, 7) is 5.31. The molecule has 4 heterocycles. The van der Waals surface area contributed by atoms with Crippen LogP contribution >= 0.6 is 0 Å². The number of pyridine rings is 1. The van der Waals surface area contributed by atoms with Gasteiger partial charge in [0.15, 0.2) is 0 Å². The number of para-hydroxylation sites is 1. The topological polar surface area (TPSA) is 88.5 Å². The number of hydrogen-bond donors (Lipinski definition) is 0. The standard InChI is InChI=1S/C24H25N5O3/c1-16-13-26-22(14-25-16)24(31)29-7-6-17(15-29)21-12-19(18-4-2-3-5-20(18)27-21)23(30)28-8-10-32-11-9-28/h2-5,12-14,17H,6-11,15H2,1H3/t17-/m0/s1. The van der Waals surface area contributed by atoms with E-state index >= 15 is 0 Å². The molecule has 0 unspecified atom stereocenters. The third kappa shape index (κ3) is 3.93. The maximum atomic E-state index is 13.3. The first-order chi connectivity index (χ1) is 15.6. The monoisotopic (exact) mass is 431 g/mol. The molecule has 0 bridgehead atoms. The molecule has 5 rings (SSSR count). The Labute approximate surface area is 186 Å². The van der Waals surface area contributed by atoms with Crippen LogP contribution in [0.4, 0.5) is 0 Å². The molecule has 0 aliphatic carbocycles. The molecular weight excluding hydrogens is 406 g/mol. The normalized spacial score (nSPS) is 18.8. The number of aryl methyl sites for hydroxylation is 1. The van der Waals surface area contributed by atoms with Gasteiger partial charge in [-0.3, -0.25) is 19.6 Å². The van der Waals surface area contributed by atoms with Gasteiger partial charge in [0.1, 0.15) is 5.69 Å². The Balaban J connectivity index is 1.42. The second-order valence-electron chi connectivity index (χ2n) is 8.30. The minimum Gasteiger partial charge on any atom is -0.378 e. The third-order valence-corrected chi connectivity index (χ3v) is 6.16. The van der Waals surface area contributed by atoms with E-state index in [2.05, 4.69) is 9.97 Å². The van der Waals surface area contributed by atoms with Crippen molar-refractivity contribution < 1.29 is 14.3 Å². The van der Waals surface area contributed by atoms with Gasteiger partial charge in [0.2, 0.25) is 0 Å². The predicted molar refractivity (Wildman–Crippen MR) is 118 cm³/mol. The molecule has 2 aromatic heterocycles. The smallest absolute Gasteiger partial charge is 0.274 e. The molecule has 32 heavy (non-hydrogen) atoms. The van der Waals surface area contributed by atoms with Crippen LogP contribution < -0.4 is 0 Å². The van der Waals surface area contributed by atoms with Crippen molar-refractivity contribution in [2.24, 2.45) is 0 Å². The van der Waals surface area contributed by atoms with E-state index in [1.54, 1.807) is 11.1 Å². The Morgan fingerprint density at radius 1 is 1.00 bits per heavy atom. The SMILES string of the molecule is Cc1cnc(C(=O)N2CC[C@H](c3cc(C(=O)N4CCOCC4)c4ccccc4n3)C2)cn1. The van der Waals surface area contributed by atoms with Gasteiger partial charge in [0, 0.05) is 49.4 Å². The number of rotatable bonds is 3. The Morgan fingerprint density at radius 3 is 2.59 bits per heavy atom. The predicted octanol–water partition coefficient (Wildman–Crippen LogP) is 2.44. The van der Waals surface area contributed by atoms with E-state index < -0.39 is 0 Å². The fraction of sp³-hybridized carbons (Fsp3) is 0.375. The fourth-order valence-electron chi connectivity index (χ4n) is 4.37. The van der Waals surface area contributed by atoms with Crippen LogP contribution in [0, 0.1) is 6.92 Å². The van der Waals surface area contributed by atoms with Crippen molar-refractivity contribution in [3.8, 4) is 0 Å². The van der Waals surface area contributed by atoms with Gasteiger partial charge in [0.05, 0.1) is 36.2 Å². The molecule has 2 amide bonds. The molecule has 8 heteroatoms. The largest absolute Gasteiger partial charge is 0.378 e. The average Bonchev–Trinajstić information content (AvgIpc) is 3.34. The van der Waals surface area contributed by atoms with Crippen LogP contribution in [-0.4, -0.2) is 76.0 Å². The summed E-state index contributed by atoms with van der Waals surface area (Å²) in [4.78, 5) is 43.1. The van der Waals surface area contributed by atoms with Gasteiger partial charge in [-0.15, -0.1) is 0 Å². The molecule has 2 aliphatic heterocycles. The number of carbonyl (C=O) groups is 2. The van der Waals surface area contributed by atoms with Gasteiger partial charge in [-0.2, -0.15) is 0 Å². The Bertz CT molecular complexity index is 1160. The highest BCUT2D eigenvalue weighted by Gasteiger charge is 2.31. The number of aromatic nitrogens is 3. The minimum atomic E-state index is -0.120. The molecular formula is C24H25N5O3. The van der Waals surface area contributed by atoms with Gasteiger partial charge in [-0.05, 0) is 25.5 Å². The first kappa shape index (κ1) is 20.5. The van der Waals surface area contributed by atoms with E-state index in [4.69, 9.17) is 9.72 Å². The quantitative estimate of drug-likeness (QED) is 0.633. The molecule has 8 nitrogen and oxygen atoms in total. The van der Waals surface area contributed by atoms with Crippen LogP contribution in [0.25, 0.3) is 10.9 Å². The van der Waals surface area contributed by atoms with Gasteiger partial charge in [-0.1, -0.05) is 18.2 Å². The number of morpholine rings is 1. The van der Waals surface area contributed by atoms with E-state index in [1.165, 1.54) is 6.20 Å². The van der Waals surface area contributed by atoms with E-state index in [0.717, 1.165) is 28.7 Å². The number of likely N-dealkylation sites (tertiary alicyclic amines) is 1. The molecule has 2 saturated heterocycles. The highest BCUT2D eigenvalue weighted by Crippen LogP contribution is 2.30. The van der Waals surface area contributed by atoms with Crippen LogP contribution in [0.3, 0.4) is 0 Å². The summed E-state index contributed by atoms with van der Waals surface area (Å²) in [5, 5.41) is 0.855. The fourth-order valence-corrected chi connectivity index (χ4v) is 4.37. The van der Waals surface area contributed by atoms with Crippen molar-refractivity contribution in [1.82, 2.24) is 24.8 Å². The lowest BCUT2D eigenvalue weighted by Crippen LogP contribution is -2.40. The first-order valence-corrected chi connectivity index (χ1v) is 10.9. The van der Waals surface area contributed by atoms with E-state index in [1.807, 2.05) is 42.2 Å². The van der Waals surface area contributed by atoms with E-state index in [9.17, 15) is 9.59 Å². The third-order valence-electron chi connectivity index (χ3n) is 6.16. The summed E-state index contributed by atoms with van der Waals surface area (Å²) in [5.74, 6) is -0.0439. The van der Waals surface area contributed by atoms with Gasteiger partial charge in [-0.25, -0.2) is 4.98 Å². The van der Waals surface area contributed by atoms with Gasteiger partial charge in [0.25, 0.3) is 11.8 Å². The molecule has 0 radical (unpaired) electrons. The Hall–Kier alpha value is -3.39. The molecule has 0 saturated carbocycles. The van der Waals surface area contributed by atoms with Crippen molar-refractivity contribution in [3.63, 3.8) is 0 Å². The number of benzene rings is 1. The zero-order valence-corrected chi connectivity index (χ0v) is 18.0. The maximum absolute atomic E-state index is 13.3. The molecule has 164 valence electrons. The average molecular weight is 431 g/mol. The van der Waals surface area contributed by atoms with Crippen LogP contribution in [0.1, 0.15) is 44.6 Å². The number of carbonyl (C=O) groups excluding carboxylic acids is 2. The molecule has 3 aromatic rings. The number of fused-ring (bicyclic) bond motifs is 1. The van der Waals surface area contributed by atoms with Crippen molar-refractivity contribution in [1.29, 1.82) is 0 Å². The van der Waals surface area contributed by atoms with Crippen LogP contribution in [0.2, 0.25) is 0 Å². The maximum Gasteiger partial charge on any atom is 0.274 e. The highest BCUT2D eigenvalue weighted by molar-refractivity contribution is 6.06. The number of hydrogen-bond acceptors (Lipinski definition) is 6. The zero-order valence-electron chi connectivity index (χ0n) is 18.0. The van der Waals surface area contributed by atoms with Crippen molar-refractivity contribution >= 4 is 22.7 Å². The number of ether oxygens (including phenoxy) is 1. The number of nitrogens with zero attached hydrogens (tertiary/aromatic N) is 5. The summed E-state index contributed by atoms with van der Waals surface area (Å²) >= 11 is 0. The second-order valence-corrected chi connectivity index (χ2v) is 8.30. The van der Waals surface area contributed by atoms with Gasteiger partial charge < -0.3 is 14.5 Å². The molecule has 1 aromatic carbocycles. The lowest BCUT2D eigenvalue weighted by atomic mass is 9.99. The van der Waals surface area contributed by atoms with E-state index in [-0.39, 0.29) is 17.7 Å². The van der Waals surface area contributed by atoms with Gasteiger partial charge >= 0.3 is 0 Å². The summed E-state index contributed by atoms with van der Waals surface area (Å²) < 4.78 is 5.40.